The lowest BCUT2D eigenvalue weighted by Crippen LogP contribution is -1.98. The van der Waals surface area contributed by atoms with Crippen LogP contribution in [0.15, 0.2) is 52.1 Å². The molecule has 0 fully saturated rings. The minimum atomic E-state index is -0.320. The summed E-state index contributed by atoms with van der Waals surface area (Å²) >= 11 is 3.33. The fraction of sp³-hybridized carbons (Fsp3) is 0.0667. The second kappa shape index (κ2) is 5.29. The molecule has 0 unspecified atom stereocenters. The van der Waals surface area contributed by atoms with Crippen LogP contribution in [-0.2, 0) is 6.54 Å². The molecule has 4 nitrogen and oxygen atoms in total. The van der Waals surface area contributed by atoms with E-state index in [1.807, 2.05) is 6.07 Å². The van der Waals surface area contributed by atoms with Gasteiger partial charge in [-0.3, -0.25) is 0 Å². The van der Waals surface area contributed by atoms with Crippen molar-refractivity contribution in [1.29, 1.82) is 0 Å². The van der Waals surface area contributed by atoms with E-state index in [-0.39, 0.29) is 17.4 Å². The molecule has 1 heterocycles. The van der Waals surface area contributed by atoms with E-state index < -0.39 is 0 Å². The lowest BCUT2D eigenvalue weighted by atomic mass is 10.2. The molecule has 0 amide bonds. The molecule has 0 saturated carbocycles. The summed E-state index contributed by atoms with van der Waals surface area (Å²) in [7, 11) is 0. The lowest BCUT2D eigenvalue weighted by molar-refractivity contribution is 0.430. The number of hydrogen-bond donors (Lipinski definition) is 1. The average Bonchev–Trinajstić information content (AvgIpc) is 2.73. The molecule has 0 atom stereocenters. The summed E-state index contributed by atoms with van der Waals surface area (Å²) in [6.45, 7) is 0.319. The number of aromatic hydroxyl groups is 1. The van der Waals surface area contributed by atoms with Crippen molar-refractivity contribution < 1.29 is 9.50 Å². The van der Waals surface area contributed by atoms with Crippen LogP contribution in [0.2, 0.25) is 0 Å². The molecule has 106 valence electrons. The third-order valence-electron chi connectivity index (χ3n) is 3.32. The van der Waals surface area contributed by atoms with Crippen molar-refractivity contribution in [2.45, 2.75) is 6.54 Å². The zero-order chi connectivity index (χ0) is 15.0. The van der Waals surface area contributed by atoms with Gasteiger partial charge in [-0.15, -0.1) is 4.91 Å². The van der Waals surface area contributed by atoms with E-state index >= 15 is 0 Å². The Kier molecular flexibility index (Phi) is 3.47. The predicted molar refractivity (Wildman–Crippen MR) is 82.3 cm³/mol. The van der Waals surface area contributed by atoms with Crippen LogP contribution in [0.5, 0.6) is 5.88 Å². The summed E-state index contributed by atoms with van der Waals surface area (Å²) < 4.78 is 15.3. The molecule has 1 N–H and O–H groups in total. The van der Waals surface area contributed by atoms with Gasteiger partial charge in [0, 0.05) is 9.86 Å². The number of benzene rings is 2. The van der Waals surface area contributed by atoms with Crippen molar-refractivity contribution in [3.05, 3.63) is 63.2 Å². The van der Waals surface area contributed by atoms with E-state index in [2.05, 4.69) is 21.1 Å². The Morgan fingerprint density at radius 1 is 1.19 bits per heavy atom. The molecule has 6 heteroatoms. The minimum Gasteiger partial charge on any atom is -0.493 e. The second-order valence-electron chi connectivity index (χ2n) is 4.64. The number of nitrogens with zero attached hydrogens (tertiary/aromatic N) is 2. The van der Waals surface area contributed by atoms with Gasteiger partial charge in [-0.1, -0.05) is 28.1 Å². The first kappa shape index (κ1) is 13.8. The highest BCUT2D eigenvalue weighted by Crippen LogP contribution is 2.39. The van der Waals surface area contributed by atoms with Gasteiger partial charge >= 0.3 is 0 Å². The molecular weight excluding hydrogens is 339 g/mol. The van der Waals surface area contributed by atoms with Gasteiger partial charge in [0.1, 0.15) is 5.82 Å². The van der Waals surface area contributed by atoms with Crippen LogP contribution in [0, 0.1) is 10.7 Å². The molecular formula is C15H10BrFN2O2. The van der Waals surface area contributed by atoms with Crippen LogP contribution in [0.4, 0.5) is 10.1 Å². The van der Waals surface area contributed by atoms with Crippen molar-refractivity contribution in [3.63, 3.8) is 0 Å². The van der Waals surface area contributed by atoms with Gasteiger partial charge in [-0.2, -0.15) is 0 Å². The van der Waals surface area contributed by atoms with Crippen LogP contribution in [0.1, 0.15) is 5.56 Å². The van der Waals surface area contributed by atoms with Gasteiger partial charge in [0.05, 0.1) is 12.1 Å². The monoisotopic (exact) mass is 348 g/mol. The van der Waals surface area contributed by atoms with Crippen molar-refractivity contribution in [3.8, 4) is 5.88 Å². The lowest BCUT2D eigenvalue weighted by Gasteiger charge is -2.07. The topological polar surface area (TPSA) is 54.6 Å². The molecule has 3 aromatic rings. The molecule has 0 bridgehead atoms. The summed E-state index contributed by atoms with van der Waals surface area (Å²) in [6, 6.07) is 11.3. The molecule has 0 spiro atoms. The van der Waals surface area contributed by atoms with Crippen LogP contribution in [0.3, 0.4) is 0 Å². The van der Waals surface area contributed by atoms with Crippen LogP contribution in [-0.4, -0.2) is 9.67 Å². The van der Waals surface area contributed by atoms with Gasteiger partial charge in [-0.25, -0.2) is 4.39 Å². The number of halogens is 2. The molecule has 3 rings (SSSR count). The van der Waals surface area contributed by atoms with E-state index in [1.54, 1.807) is 28.8 Å². The predicted octanol–water partition coefficient (Wildman–Crippen LogP) is 4.69. The Morgan fingerprint density at radius 3 is 2.57 bits per heavy atom. The first-order valence-electron chi connectivity index (χ1n) is 6.18. The van der Waals surface area contributed by atoms with Crippen molar-refractivity contribution in [2.75, 3.05) is 0 Å². The van der Waals surface area contributed by atoms with Crippen LogP contribution >= 0.6 is 15.9 Å². The third-order valence-corrected chi connectivity index (χ3v) is 3.81. The van der Waals surface area contributed by atoms with Gasteiger partial charge in [0.15, 0.2) is 5.69 Å². The molecule has 0 aliphatic carbocycles. The normalized spacial score (nSPS) is 11.0. The minimum absolute atomic E-state index is 0.00779. The maximum Gasteiger partial charge on any atom is 0.222 e. The number of hydrogen-bond acceptors (Lipinski definition) is 3. The van der Waals surface area contributed by atoms with Gasteiger partial charge in [-0.05, 0) is 41.1 Å². The van der Waals surface area contributed by atoms with Crippen LogP contribution in [0.25, 0.3) is 10.9 Å². The van der Waals surface area contributed by atoms with E-state index in [4.69, 9.17) is 0 Å². The third kappa shape index (κ3) is 2.42. The standard InChI is InChI=1S/C15H10BrFN2O2/c16-10-3-6-13-12(7-10)14(18-21)15(20)19(13)8-9-1-4-11(17)5-2-9/h1-7,20H,8H2. The quantitative estimate of drug-likeness (QED) is 0.697. The van der Waals surface area contributed by atoms with Crippen molar-refractivity contribution in [2.24, 2.45) is 5.18 Å². The summed E-state index contributed by atoms with van der Waals surface area (Å²) in [4.78, 5) is 11.0. The Morgan fingerprint density at radius 2 is 1.90 bits per heavy atom. The molecule has 21 heavy (non-hydrogen) atoms. The molecule has 0 radical (unpaired) electrons. The Balaban J connectivity index is 2.15. The Labute approximate surface area is 127 Å². The maximum atomic E-state index is 12.9. The number of fused-ring (bicyclic) bond motifs is 1. The average molecular weight is 349 g/mol. The fourth-order valence-corrected chi connectivity index (χ4v) is 2.68. The largest absolute Gasteiger partial charge is 0.493 e. The van der Waals surface area contributed by atoms with E-state index in [0.717, 1.165) is 10.0 Å². The Hall–Kier alpha value is -2.21. The van der Waals surface area contributed by atoms with Gasteiger partial charge in [0.2, 0.25) is 5.88 Å². The van der Waals surface area contributed by atoms with Crippen molar-refractivity contribution >= 4 is 32.5 Å². The number of nitroso groups, excluding NO2 is 1. The summed E-state index contributed by atoms with van der Waals surface area (Å²) in [5.74, 6) is -0.512. The maximum absolute atomic E-state index is 12.9. The van der Waals surface area contributed by atoms with Crippen molar-refractivity contribution in [1.82, 2.24) is 4.57 Å². The number of rotatable bonds is 3. The summed E-state index contributed by atoms with van der Waals surface area (Å²) in [6.07, 6.45) is 0. The summed E-state index contributed by atoms with van der Waals surface area (Å²) in [5, 5.41) is 13.7. The molecule has 2 aromatic carbocycles. The van der Waals surface area contributed by atoms with E-state index in [0.29, 0.717) is 17.4 Å². The van der Waals surface area contributed by atoms with Gasteiger partial charge < -0.3 is 9.67 Å². The first-order chi connectivity index (χ1) is 10.1. The number of aromatic nitrogens is 1. The first-order valence-corrected chi connectivity index (χ1v) is 6.98. The molecule has 0 saturated heterocycles. The zero-order valence-corrected chi connectivity index (χ0v) is 12.3. The molecule has 0 aliphatic heterocycles. The Bertz CT molecular complexity index is 828. The molecule has 0 aliphatic rings. The fourth-order valence-electron chi connectivity index (χ4n) is 2.32. The SMILES string of the molecule is O=Nc1c(O)n(Cc2ccc(F)cc2)c2ccc(Br)cc12. The highest BCUT2D eigenvalue weighted by atomic mass is 79.9. The second-order valence-corrected chi connectivity index (χ2v) is 5.55. The van der Waals surface area contributed by atoms with Gasteiger partial charge in [0.25, 0.3) is 0 Å². The highest BCUT2D eigenvalue weighted by molar-refractivity contribution is 9.10. The molecule has 1 aromatic heterocycles. The van der Waals surface area contributed by atoms with E-state index in [9.17, 15) is 14.4 Å². The smallest absolute Gasteiger partial charge is 0.222 e. The van der Waals surface area contributed by atoms with E-state index in [1.165, 1.54) is 12.1 Å². The highest BCUT2D eigenvalue weighted by Gasteiger charge is 2.17. The summed E-state index contributed by atoms with van der Waals surface area (Å²) in [5.41, 5.74) is 1.51. The van der Waals surface area contributed by atoms with Crippen LogP contribution < -0.4 is 0 Å². The zero-order valence-electron chi connectivity index (χ0n) is 10.8.